The van der Waals surface area contributed by atoms with Gasteiger partial charge in [0.1, 0.15) is 5.75 Å². The second-order valence-corrected chi connectivity index (χ2v) is 9.12. The van der Waals surface area contributed by atoms with Crippen molar-refractivity contribution in [1.82, 2.24) is 10.2 Å². The number of amides is 1. The number of piperidine rings is 1. The lowest BCUT2D eigenvalue weighted by Crippen LogP contribution is -2.28. The number of aryl methyl sites for hydroxylation is 1. The number of phenols is 1. The number of nitrogens with one attached hydrogen (secondary N) is 1. The normalized spacial score (nSPS) is 21.0. The van der Waals surface area contributed by atoms with Crippen LogP contribution in [-0.4, -0.2) is 42.1 Å². The maximum absolute atomic E-state index is 12.9. The fraction of sp³-hybridized carbons (Fsp3) is 0.500. The summed E-state index contributed by atoms with van der Waals surface area (Å²) in [5.41, 5.74) is 3.07. The zero-order chi connectivity index (χ0) is 19.0. The smallest absolute Gasteiger partial charge is 0.264 e. The Morgan fingerprint density at radius 1 is 1.22 bits per heavy atom. The summed E-state index contributed by atoms with van der Waals surface area (Å²) in [4.78, 5) is 16.7. The topological polar surface area (TPSA) is 52.6 Å². The summed E-state index contributed by atoms with van der Waals surface area (Å²) >= 11 is 1.55. The van der Waals surface area contributed by atoms with Crippen LogP contribution in [0.4, 0.5) is 0 Å². The largest absolute Gasteiger partial charge is 0.508 e. The summed E-state index contributed by atoms with van der Waals surface area (Å²) in [5.74, 6) is 1.56. The molecule has 2 aromatic rings. The number of hydrogen-bond donors (Lipinski definition) is 2. The average molecular weight is 385 g/mol. The van der Waals surface area contributed by atoms with E-state index in [0.717, 1.165) is 71.9 Å². The minimum atomic E-state index is 0.156. The molecule has 0 saturated carbocycles. The minimum Gasteiger partial charge on any atom is -0.508 e. The molecule has 144 valence electrons. The molecule has 0 spiro atoms. The Labute approximate surface area is 165 Å². The first-order valence-corrected chi connectivity index (χ1v) is 10.8. The summed E-state index contributed by atoms with van der Waals surface area (Å²) in [6.45, 7) is 7.95. The second-order valence-electron chi connectivity index (χ2n) is 8.07. The summed E-state index contributed by atoms with van der Waals surface area (Å²) in [5, 5.41) is 14.0. The van der Waals surface area contributed by atoms with E-state index in [1.807, 2.05) is 17.9 Å². The van der Waals surface area contributed by atoms with Gasteiger partial charge in [-0.2, -0.15) is 0 Å². The Morgan fingerprint density at radius 3 is 2.67 bits per heavy atom. The highest BCUT2D eigenvalue weighted by Gasteiger charge is 2.27. The lowest BCUT2D eigenvalue weighted by Gasteiger charge is -2.23. The molecule has 2 aliphatic heterocycles. The van der Waals surface area contributed by atoms with Gasteiger partial charge in [0.05, 0.1) is 4.88 Å². The number of carbonyl (C=O) groups is 1. The molecule has 1 aromatic heterocycles. The molecule has 2 aliphatic rings. The standard InChI is InChI=1S/C22H28N2O2S/c1-14-7-10-24(13-14)22(26)21-15(2)11-20(27-21)17-3-4-18(19(25)12-17)16-5-8-23-9-6-16/h3-4,11-12,14,16,23,25H,5-10,13H2,1-2H3. The van der Waals surface area contributed by atoms with Crippen molar-refractivity contribution in [2.45, 2.75) is 39.0 Å². The van der Waals surface area contributed by atoms with Gasteiger partial charge in [0.2, 0.25) is 0 Å². The fourth-order valence-corrected chi connectivity index (χ4v) is 5.41. The lowest BCUT2D eigenvalue weighted by atomic mass is 9.89. The van der Waals surface area contributed by atoms with Crippen molar-refractivity contribution in [2.75, 3.05) is 26.2 Å². The maximum Gasteiger partial charge on any atom is 0.264 e. The lowest BCUT2D eigenvalue weighted by molar-refractivity contribution is 0.0792. The number of nitrogens with zero attached hydrogens (tertiary/aromatic N) is 1. The Balaban J connectivity index is 1.57. The SMILES string of the molecule is Cc1cc(-c2ccc(C3CCNCC3)c(O)c2)sc1C(=O)N1CCC(C)C1. The summed E-state index contributed by atoms with van der Waals surface area (Å²) in [6.07, 6.45) is 3.23. The van der Waals surface area contributed by atoms with Gasteiger partial charge in [-0.05, 0) is 79.9 Å². The number of thiophene rings is 1. The first kappa shape index (κ1) is 18.5. The predicted octanol–water partition coefficient (Wildman–Crippen LogP) is 4.38. The van der Waals surface area contributed by atoms with E-state index in [9.17, 15) is 9.90 Å². The van der Waals surface area contributed by atoms with Crippen molar-refractivity contribution in [1.29, 1.82) is 0 Å². The molecule has 27 heavy (non-hydrogen) atoms. The van der Waals surface area contributed by atoms with Gasteiger partial charge in [0.25, 0.3) is 5.91 Å². The highest BCUT2D eigenvalue weighted by Crippen LogP contribution is 2.38. The van der Waals surface area contributed by atoms with E-state index in [2.05, 4.69) is 30.4 Å². The molecular weight excluding hydrogens is 356 g/mol. The number of carbonyl (C=O) groups excluding carboxylic acids is 1. The summed E-state index contributed by atoms with van der Waals surface area (Å²) in [6, 6.07) is 8.11. The number of rotatable bonds is 3. The molecule has 5 heteroatoms. The third-order valence-corrected chi connectivity index (χ3v) is 7.19. The van der Waals surface area contributed by atoms with Gasteiger partial charge in [-0.25, -0.2) is 0 Å². The number of phenolic OH excluding ortho intramolecular Hbond substituents is 1. The Bertz CT molecular complexity index is 839. The van der Waals surface area contributed by atoms with Gasteiger partial charge in [-0.1, -0.05) is 19.1 Å². The highest BCUT2D eigenvalue weighted by atomic mass is 32.1. The van der Waals surface area contributed by atoms with Crippen molar-refractivity contribution < 1.29 is 9.90 Å². The minimum absolute atomic E-state index is 0.156. The molecule has 4 nitrogen and oxygen atoms in total. The summed E-state index contributed by atoms with van der Waals surface area (Å²) in [7, 11) is 0. The van der Waals surface area contributed by atoms with Gasteiger partial charge in [0.15, 0.2) is 0 Å². The Kier molecular flexibility index (Phi) is 5.24. The third kappa shape index (κ3) is 3.76. The van der Waals surface area contributed by atoms with Crippen LogP contribution >= 0.6 is 11.3 Å². The molecule has 0 radical (unpaired) electrons. The number of benzene rings is 1. The van der Waals surface area contributed by atoms with Crippen LogP contribution in [0.25, 0.3) is 10.4 Å². The third-order valence-electron chi connectivity index (χ3n) is 5.92. The molecule has 2 fully saturated rings. The second kappa shape index (κ2) is 7.64. The molecule has 2 saturated heterocycles. The van der Waals surface area contributed by atoms with E-state index in [0.29, 0.717) is 17.6 Å². The van der Waals surface area contributed by atoms with Crippen LogP contribution in [-0.2, 0) is 0 Å². The van der Waals surface area contributed by atoms with E-state index in [1.165, 1.54) is 0 Å². The zero-order valence-corrected chi connectivity index (χ0v) is 16.9. The zero-order valence-electron chi connectivity index (χ0n) is 16.1. The molecule has 1 amide bonds. The monoisotopic (exact) mass is 384 g/mol. The number of likely N-dealkylation sites (tertiary alicyclic amines) is 1. The van der Waals surface area contributed by atoms with Crippen LogP contribution in [0.15, 0.2) is 24.3 Å². The molecule has 0 aliphatic carbocycles. The van der Waals surface area contributed by atoms with Crippen LogP contribution in [0.5, 0.6) is 5.75 Å². The van der Waals surface area contributed by atoms with Crippen LogP contribution in [0.1, 0.15) is 52.9 Å². The van der Waals surface area contributed by atoms with Crippen molar-refractivity contribution in [3.63, 3.8) is 0 Å². The van der Waals surface area contributed by atoms with E-state index >= 15 is 0 Å². The predicted molar refractivity (Wildman–Crippen MR) is 111 cm³/mol. The molecular formula is C22H28N2O2S. The first-order valence-electron chi connectivity index (χ1n) is 9.96. The summed E-state index contributed by atoms with van der Waals surface area (Å²) < 4.78 is 0. The van der Waals surface area contributed by atoms with E-state index in [4.69, 9.17) is 0 Å². The number of hydrogen-bond acceptors (Lipinski definition) is 4. The van der Waals surface area contributed by atoms with Crippen molar-refractivity contribution in [3.8, 4) is 16.2 Å². The van der Waals surface area contributed by atoms with E-state index in [-0.39, 0.29) is 5.91 Å². The van der Waals surface area contributed by atoms with E-state index in [1.54, 1.807) is 11.3 Å². The Hall–Kier alpha value is -1.85. The van der Waals surface area contributed by atoms with Crippen molar-refractivity contribution in [2.24, 2.45) is 5.92 Å². The maximum atomic E-state index is 12.9. The van der Waals surface area contributed by atoms with Crippen LogP contribution < -0.4 is 5.32 Å². The fourth-order valence-electron chi connectivity index (χ4n) is 4.27. The van der Waals surface area contributed by atoms with Crippen LogP contribution in [0.3, 0.4) is 0 Å². The van der Waals surface area contributed by atoms with Crippen LogP contribution in [0.2, 0.25) is 0 Å². The van der Waals surface area contributed by atoms with Crippen molar-refractivity contribution in [3.05, 3.63) is 40.3 Å². The molecule has 3 heterocycles. The van der Waals surface area contributed by atoms with Gasteiger partial charge in [-0.3, -0.25) is 4.79 Å². The van der Waals surface area contributed by atoms with Gasteiger partial charge in [-0.15, -0.1) is 11.3 Å². The van der Waals surface area contributed by atoms with Gasteiger partial charge >= 0.3 is 0 Å². The number of aromatic hydroxyl groups is 1. The molecule has 0 bridgehead atoms. The molecule has 1 aromatic carbocycles. The highest BCUT2D eigenvalue weighted by molar-refractivity contribution is 7.17. The van der Waals surface area contributed by atoms with Gasteiger partial charge < -0.3 is 15.3 Å². The molecule has 1 unspecified atom stereocenters. The first-order chi connectivity index (χ1) is 13.0. The van der Waals surface area contributed by atoms with Crippen molar-refractivity contribution >= 4 is 17.2 Å². The van der Waals surface area contributed by atoms with E-state index < -0.39 is 0 Å². The molecule has 2 N–H and O–H groups in total. The van der Waals surface area contributed by atoms with Crippen LogP contribution in [0, 0.1) is 12.8 Å². The average Bonchev–Trinajstić information content (AvgIpc) is 3.28. The molecule has 1 atom stereocenters. The quantitative estimate of drug-likeness (QED) is 0.826. The molecule has 4 rings (SSSR count). The van der Waals surface area contributed by atoms with Gasteiger partial charge in [0, 0.05) is 18.0 Å². The Morgan fingerprint density at radius 2 is 2.00 bits per heavy atom.